The molecule has 0 spiro atoms. The number of hydrogen-bond donors (Lipinski definition) is 2. The molecule has 9 nitrogen and oxygen atoms in total. The van der Waals surface area contributed by atoms with E-state index in [-0.39, 0.29) is 0 Å². The number of aromatic nitrogens is 2. The Bertz CT molecular complexity index is 827. The molecule has 4 rings (SSSR count). The molecule has 0 aromatic carbocycles. The highest BCUT2D eigenvalue weighted by atomic mass is 19.4. The summed E-state index contributed by atoms with van der Waals surface area (Å²) in [5.74, 6) is -4.70. The topological polar surface area (TPSA) is 108 Å². The van der Waals surface area contributed by atoms with Crippen LogP contribution in [0.2, 0.25) is 0 Å². The Morgan fingerprint density at radius 2 is 1.46 bits per heavy atom. The number of likely N-dealkylation sites (tertiary alicyclic amines) is 1. The first kappa shape index (κ1) is 30.8. The minimum Gasteiger partial charge on any atom is -0.475 e. The third kappa shape index (κ3) is 10.9. The number of nitrogens with zero attached hydrogens (tertiary/aromatic N) is 4. The number of carbonyl (C=O) groups is 2. The van der Waals surface area contributed by atoms with Crippen LogP contribution in [0.3, 0.4) is 0 Å². The first-order valence-electron chi connectivity index (χ1n) is 11.9. The largest absolute Gasteiger partial charge is 0.490 e. The Morgan fingerprint density at radius 1 is 0.919 bits per heavy atom. The van der Waals surface area contributed by atoms with Gasteiger partial charge in [0.15, 0.2) is 0 Å². The fourth-order valence-corrected chi connectivity index (χ4v) is 4.48. The zero-order chi connectivity index (χ0) is 27.6. The van der Waals surface area contributed by atoms with Gasteiger partial charge in [0.2, 0.25) is 0 Å². The minimum absolute atomic E-state index is 0.569. The second-order valence-electron chi connectivity index (χ2n) is 9.16. The molecule has 3 aliphatic heterocycles. The normalized spacial score (nSPS) is 21.6. The van der Waals surface area contributed by atoms with E-state index < -0.39 is 24.3 Å². The van der Waals surface area contributed by atoms with E-state index in [0.717, 1.165) is 25.7 Å². The van der Waals surface area contributed by atoms with Crippen LogP contribution in [0.15, 0.2) is 12.5 Å². The molecule has 212 valence electrons. The molecule has 3 aliphatic rings. The first-order valence-corrected chi connectivity index (χ1v) is 11.9. The summed E-state index contributed by atoms with van der Waals surface area (Å²) in [6, 6.07) is 0.569. The van der Waals surface area contributed by atoms with Gasteiger partial charge in [0.1, 0.15) is 0 Å². The van der Waals surface area contributed by atoms with Gasteiger partial charge in [-0.05, 0) is 44.7 Å². The summed E-state index contributed by atoms with van der Waals surface area (Å²) in [6.07, 6.45) is 0.562. The lowest BCUT2D eigenvalue weighted by Gasteiger charge is -2.39. The van der Waals surface area contributed by atoms with E-state index in [0.29, 0.717) is 6.04 Å². The molecule has 15 heteroatoms. The quantitative estimate of drug-likeness (QED) is 0.554. The van der Waals surface area contributed by atoms with Gasteiger partial charge in [0, 0.05) is 45.6 Å². The van der Waals surface area contributed by atoms with Crippen molar-refractivity contribution >= 4 is 11.9 Å². The number of carboxylic acids is 2. The smallest absolute Gasteiger partial charge is 0.475 e. The molecule has 2 saturated heterocycles. The van der Waals surface area contributed by atoms with Crippen LogP contribution in [0.25, 0.3) is 0 Å². The summed E-state index contributed by atoms with van der Waals surface area (Å²) in [5, 5.41) is 14.2. The molecule has 4 heterocycles. The Balaban J connectivity index is 0.000000286. The van der Waals surface area contributed by atoms with E-state index in [1.807, 2.05) is 0 Å². The van der Waals surface area contributed by atoms with Crippen LogP contribution in [0.4, 0.5) is 26.3 Å². The van der Waals surface area contributed by atoms with Crippen molar-refractivity contribution in [3.05, 3.63) is 18.2 Å². The number of fused-ring (bicyclic) bond motifs is 1. The molecule has 0 saturated carbocycles. The number of imidazole rings is 1. The van der Waals surface area contributed by atoms with Crippen LogP contribution in [0.5, 0.6) is 0 Å². The van der Waals surface area contributed by atoms with Gasteiger partial charge in [-0.3, -0.25) is 4.90 Å². The number of carboxylic acid groups (broad SMARTS) is 2. The Kier molecular flexibility index (Phi) is 11.6. The van der Waals surface area contributed by atoms with Crippen LogP contribution in [-0.4, -0.2) is 99.8 Å². The maximum Gasteiger partial charge on any atom is 0.490 e. The van der Waals surface area contributed by atoms with E-state index in [2.05, 4.69) is 31.9 Å². The first-order chi connectivity index (χ1) is 17.3. The second kappa shape index (κ2) is 14.0. The summed E-state index contributed by atoms with van der Waals surface area (Å²) in [7, 11) is 0. The van der Waals surface area contributed by atoms with Crippen LogP contribution in [0, 0.1) is 5.92 Å². The number of ether oxygens (including phenoxy) is 1. The molecule has 1 aromatic rings. The highest BCUT2D eigenvalue weighted by Crippen LogP contribution is 2.26. The van der Waals surface area contributed by atoms with Crippen LogP contribution < -0.4 is 0 Å². The summed E-state index contributed by atoms with van der Waals surface area (Å²) < 4.78 is 71.4. The molecule has 37 heavy (non-hydrogen) atoms. The lowest BCUT2D eigenvalue weighted by atomic mass is 9.98. The van der Waals surface area contributed by atoms with E-state index in [9.17, 15) is 26.3 Å². The SMILES string of the molecule is O=C(O)C(F)(F)F.O=C(O)C(F)(F)F.c1ncn2c1CN(CC1CCOCC1)CC2CN1CCCCC1. The second-order valence-corrected chi connectivity index (χ2v) is 9.16. The maximum absolute atomic E-state index is 10.6. The van der Waals surface area contributed by atoms with Crippen molar-refractivity contribution in [3.8, 4) is 0 Å². The fraction of sp³-hybridized carbons (Fsp3) is 0.773. The molecule has 2 N–H and O–H groups in total. The maximum atomic E-state index is 10.6. The Morgan fingerprint density at radius 3 is 1.97 bits per heavy atom. The molecular weight excluding hydrogens is 514 g/mol. The number of piperidine rings is 1. The molecule has 0 aliphatic carbocycles. The fourth-order valence-electron chi connectivity index (χ4n) is 4.48. The zero-order valence-corrected chi connectivity index (χ0v) is 20.2. The van der Waals surface area contributed by atoms with Gasteiger partial charge < -0.3 is 24.4 Å². The summed E-state index contributed by atoms with van der Waals surface area (Å²) in [4.78, 5) is 27.5. The zero-order valence-electron chi connectivity index (χ0n) is 20.2. The van der Waals surface area contributed by atoms with Crippen LogP contribution in [-0.2, 0) is 20.9 Å². The van der Waals surface area contributed by atoms with Crippen molar-refractivity contribution in [2.45, 2.75) is 57.0 Å². The highest BCUT2D eigenvalue weighted by molar-refractivity contribution is 5.73. The van der Waals surface area contributed by atoms with Crippen molar-refractivity contribution in [1.82, 2.24) is 19.4 Å². The van der Waals surface area contributed by atoms with E-state index >= 15 is 0 Å². The average molecular weight is 547 g/mol. The third-order valence-electron chi connectivity index (χ3n) is 6.25. The molecule has 0 bridgehead atoms. The van der Waals surface area contributed by atoms with E-state index in [4.69, 9.17) is 24.5 Å². The lowest BCUT2D eigenvalue weighted by molar-refractivity contribution is -0.193. The van der Waals surface area contributed by atoms with Crippen molar-refractivity contribution in [2.24, 2.45) is 5.92 Å². The number of halogens is 6. The summed E-state index contributed by atoms with van der Waals surface area (Å²) >= 11 is 0. The number of rotatable bonds is 4. The predicted molar refractivity (Wildman–Crippen MR) is 118 cm³/mol. The van der Waals surface area contributed by atoms with E-state index in [1.165, 1.54) is 70.5 Å². The number of aliphatic carboxylic acids is 2. The Hall–Kier alpha value is -2.39. The average Bonchev–Trinajstić information content (AvgIpc) is 3.29. The predicted octanol–water partition coefficient (Wildman–Crippen LogP) is 3.42. The van der Waals surface area contributed by atoms with Gasteiger partial charge in [-0.1, -0.05) is 6.42 Å². The van der Waals surface area contributed by atoms with Gasteiger partial charge in [-0.25, -0.2) is 14.6 Å². The van der Waals surface area contributed by atoms with Gasteiger partial charge in [-0.2, -0.15) is 26.3 Å². The standard InChI is InChI=1S/C18H30N4O.2C2HF3O2/c1-2-6-20(7-3-1)13-18-14-21(11-16-4-8-23-9-5-16)12-17-10-19-15-22(17)18;2*3-2(4,5)1(6)7/h10,15-16,18H,1-9,11-14H2;2*(H,6,7). The molecule has 0 amide bonds. The lowest BCUT2D eigenvalue weighted by Crippen LogP contribution is -2.45. The van der Waals surface area contributed by atoms with Crippen molar-refractivity contribution in [1.29, 1.82) is 0 Å². The summed E-state index contributed by atoms with van der Waals surface area (Å²) in [5.41, 5.74) is 1.39. The molecule has 0 radical (unpaired) electrons. The number of alkyl halides is 6. The van der Waals surface area contributed by atoms with Crippen molar-refractivity contribution in [2.75, 3.05) is 45.9 Å². The Labute approximate surface area is 210 Å². The molecule has 1 unspecified atom stereocenters. The molecular formula is C22H32F6N4O5. The van der Waals surface area contributed by atoms with Crippen LogP contribution >= 0.6 is 0 Å². The van der Waals surface area contributed by atoms with E-state index in [1.54, 1.807) is 0 Å². The molecule has 1 aromatic heterocycles. The molecule has 1 atom stereocenters. The molecule has 2 fully saturated rings. The van der Waals surface area contributed by atoms with Crippen molar-refractivity contribution < 1.29 is 50.9 Å². The number of hydrogen-bond acceptors (Lipinski definition) is 6. The van der Waals surface area contributed by atoms with Gasteiger partial charge in [0.05, 0.1) is 18.1 Å². The monoisotopic (exact) mass is 546 g/mol. The van der Waals surface area contributed by atoms with Gasteiger partial charge in [-0.15, -0.1) is 0 Å². The highest BCUT2D eigenvalue weighted by Gasteiger charge is 2.39. The third-order valence-corrected chi connectivity index (χ3v) is 6.25. The van der Waals surface area contributed by atoms with Gasteiger partial charge in [0.25, 0.3) is 0 Å². The minimum atomic E-state index is -5.08. The van der Waals surface area contributed by atoms with Gasteiger partial charge >= 0.3 is 24.3 Å². The van der Waals surface area contributed by atoms with Crippen LogP contribution in [0.1, 0.15) is 43.8 Å². The summed E-state index contributed by atoms with van der Waals surface area (Å²) in [6.45, 7) is 9.12. The van der Waals surface area contributed by atoms with Crippen molar-refractivity contribution in [3.63, 3.8) is 0 Å².